The van der Waals surface area contributed by atoms with Crippen LogP contribution >= 0.6 is 0 Å². The van der Waals surface area contributed by atoms with Gasteiger partial charge in [-0.1, -0.05) is 32.4 Å². The van der Waals surface area contributed by atoms with Crippen LogP contribution in [-0.4, -0.2) is 40.9 Å². The van der Waals surface area contributed by atoms with Crippen molar-refractivity contribution in [3.63, 3.8) is 0 Å². The summed E-state index contributed by atoms with van der Waals surface area (Å²) in [4.78, 5) is 63.6. The van der Waals surface area contributed by atoms with Crippen LogP contribution < -0.4 is 21.9 Å². The number of unbranched alkanes of at least 4 members (excludes halogenated alkanes) is 1. The summed E-state index contributed by atoms with van der Waals surface area (Å²) in [6, 6.07) is 5.73. The van der Waals surface area contributed by atoms with Crippen molar-refractivity contribution in [3.05, 3.63) is 56.2 Å². The summed E-state index contributed by atoms with van der Waals surface area (Å²) >= 11 is 0. The molecule has 0 radical (unpaired) electrons. The lowest BCUT2D eigenvalue weighted by molar-refractivity contribution is -0.121. The van der Waals surface area contributed by atoms with Crippen molar-refractivity contribution in [1.29, 1.82) is 0 Å². The number of H-pyrrole nitrogens is 1. The summed E-state index contributed by atoms with van der Waals surface area (Å²) in [6.45, 7) is 3.58. The average molecular weight is 430 g/mol. The van der Waals surface area contributed by atoms with Crippen LogP contribution in [0, 0.1) is 0 Å². The standard InChI is InChI=1S/C21H26N4O6/c1-3-5-11-24(17-18(22)25(10-4-2)21(30)23-19(17)28)16(27)13-31-20(29)15-8-6-14(12-26)7-9-15/h6-9,12H,3-5,10-11,13,22H2,1-2H3,(H,23,28,30). The number of carbonyl (C=O) groups excluding carboxylic acids is 3. The zero-order valence-corrected chi connectivity index (χ0v) is 17.6. The molecule has 0 atom stereocenters. The van der Waals surface area contributed by atoms with Crippen molar-refractivity contribution < 1.29 is 19.1 Å². The van der Waals surface area contributed by atoms with E-state index in [1.807, 2.05) is 13.8 Å². The van der Waals surface area contributed by atoms with Gasteiger partial charge in [-0.05, 0) is 25.0 Å². The fourth-order valence-electron chi connectivity index (χ4n) is 2.95. The van der Waals surface area contributed by atoms with Gasteiger partial charge in [0.2, 0.25) is 0 Å². The zero-order valence-electron chi connectivity index (χ0n) is 17.6. The van der Waals surface area contributed by atoms with Gasteiger partial charge in [0.1, 0.15) is 12.1 Å². The van der Waals surface area contributed by atoms with Crippen molar-refractivity contribution in [2.24, 2.45) is 0 Å². The number of benzene rings is 1. The van der Waals surface area contributed by atoms with E-state index >= 15 is 0 Å². The van der Waals surface area contributed by atoms with E-state index in [4.69, 9.17) is 10.5 Å². The first-order chi connectivity index (χ1) is 14.8. The van der Waals surface area contributed by atoms with Crippen LogP contribution in [0.5, 0.6) is 0 Å². The fourth-order valence-corrected chi connectivity index (χ4v) is 2.95. The number of hydrogen-bond acceptors (Lipinski definition) is 7. The van der Waals surface area contributed by atoms with Crippen LogP contribution in [0.2, 0.25) is 0 Å². The molecular weight excluding hydrogens is 404 g/mol. The predicted octanol–water partition coefficient (Wildman–Crippen LogP) is 1.33. The van der Waals surface area contributed by atoms with Gasteiger partial charge in [0.05, 0.1) is 5.56 Å². The van der Waals surface area contributed by atoms with Gasteiger partial charge in [-0.25, -0.2) is 9.59 Å². The van der Waals surface area contributed by atoms with Gasteiger partial charge in [0.25, 0.3) is 11.5 Å². The van der Waals surface area contributed by atoms with E-state index in [0.717, 1.165) is 11.3 Å². The van der Waals surface area contributed by atoms with E-state index in [2.05, 4.69) is 4.98 Å². The Hall–Kier alpha value is -3.69. The molecule has 1 heterocycles. The second-order valence-corrected chi connectivity index (χ2v) is 6.86. The molecule has 0 unspecified atom stereocenters. The monoisotopic (exact) mass is 430 g/mol. The smallest absolute Gasteiger partial charge is 0.338 e. The Morgan fingerprint density at radius 3 is 2.42 bits per heavy atom. The quantitative estimate of drug-likeness (QED) is 0.427. The second-order valence-electron chi connectivity index (χ2n) is 6.86. The number of nitrogen functional groups attached to an aromatic ring is 1. The van der Waals surface area contributed by atoms with Crippen LogP contribution in [0.4, 0.5) is 11.5 Å². The SMILES string of the molecule is CCCCN(C(=O)COC(=O)c1ccc(C=O)cc1)c1c(N)n(CCC)c(=O)[nH]c1=O. The number of aldehydes is 1. The third kappa shape index (κ3) is 5.68. The number of aromatic amines is 1. The third-order valence-corrected chi connectivity index (χ3v) is 4.58. The molecule has 0 fully saturated rings. The van der Waals surface area contributed by atoms with Crippen molar-refractivity contribution >= 4 is 29.7 Å². The van der Waals surface area contributed by atoms with Crippen molar-refractivity contribution in [3.8, 4) is 0 Å². The first-order valence-corrected chi connectivity index (χ1v) is 9.99. The van der Waals surface area contributed by atoms with Gasteiger partial charge >= 0.3 is 11.7 Å². The first kappa shape index (κ1) is 23.6. The van der Waals surface area contributed by atoms with Crippen LogP contribution in [0.25, 0.3) is 0 Å². The molecule has 0 saturated carbocycles. The van der Waals surface area contributed by atoms with Gasteiger partial charge < -0.3 is 15.4 Å². The molecule has 3 N–H and O–H groups in total. The maximum absolute atomic E-state index is 12.9. The highest BCUT2D eigenvalue weighted by Gasteiger charge is 2.25. The molecule has 2 aromatic rings. The number of rotatable bonds is 10. The molecule has 0 aliphatic rings. The number of nitrogens with two attached hydrogens (primary N) is 1. The minimum atomic E-state index is -0.782. The van der Waals surface area contributed by atoms with Crippen LogP contribution in [-0.2, 0) is 16.1 Å². The maximum Gasteiger partial charge on any atom is 0.338 e. The molecular formula is C21H26N4O6. The Morgan fingerprint density at radius 1 is 1.16 bits per heavy atom. The molecule has 0 spiro atoms. The number of amides is 1. The molecule has 0 bridgehead atoms. The van der Waals surface area contributed by atoms with Crippen molar-refractivity contribution in [2.75, 3.05) is 23.8 Å². The zero-order chi connectivity index (χ0) is 23.0. The summed E-state index contributed by atoms with van der Waals surface area (Å²) in [5, 5.41) is 0. The Balaban J connectivity index is 2.27. The lowest BCUT2D eigenvalue weighted by atomic mass is 10.1. The Bertz CT molecular complexity index is 1060. The molecule has 10 heteroatoms. The molecule has 1 aromatic carbocycles. The number of anilines is 2. The summed E-state index contributed by atoms with van der Waals surface area (Å²) in [5.74, 6) is -1.51. The first-order valence-electron chi connectivity index (χ1n) is 9.99. The number of ether oxygens (including phenoxy) is 1. The lowest BCUT2D eigenvalue weighted by Crippen LogP contribution is -2.43. The predicted molar refractivity (Wildman–Crippen MR) is 115 cm³/mol. The highest BCUT2D eigenvalue weighted by Crippen LogP contribution is 2.18. The minimum Gasteiger partial charge on any atom is -0.452 e. The number of aromatic nitrogens is 2. The van der Waals surface area contributed by atoms with Gasteiger partial charge in [0.15, 0.2) is 12.3 Å². The van der Waals surface area contributed by atoms with Crippen LogP contribution in [0.15, 0.2) is 33.9 Å². The van der Waals surface area contributed by atoms with E-state index in [1.165, 1.54) is 28.8 Å². The Kier molecular flexibility index (Phi) is 8.30. The Labute approximate surface area is 178 Å². The molecule has 31 heavy (non-hydrogen) atoms. The molecule has 0 aliphatic carbocycles. The number of hydrogen-bond donors (Lipinski definition) is 2. The highest BCUT2D eigenvalue weighted by molar-refractivity contribution is 5.98. The largest absolute Gasteiger partial charge is 0.452 e. The highest BCUT2D eigenvalue weighted by atomic mass is 16.5. The summed E-state index contributed by atoms with van der Waals surface area (Å²) in [6.07, 6.45) is 2.54. The summed E-state index contributed by atoms with van der Waals surface area (Å²) in [5.41, 5.74) is 5.07. The average Bonchev–Trinajstić information content (AvgIpc) is 2.76. The van der Waals surface area contributed by atoms with Gasteiger partial charge in [-0.3, -0.25) is 23.9 Å². The topological polar surface area (TPSA) is 145 Å². The van der Waals surface area contributed by atoms with Crippen molar-refractivity contribution in [1.82, 2.24) is 9.55 Å². The summed E-state index contributed by atoms with van der Waals surface area (Å²) in [7, 11) is 0. The molecule has 0 aliphatic heterocycles. The normalized spacial score (nSPS) is 10.5. The van der Waals surface area contributed by atoms with E-state index in [1.54, 1.807) is 0 Å². The number of carbonyl (C=O) groups is 3. The molecule has 1 aromatic heterocycles. The van der Waals surface area contributed by atoms with E-state index in [9.17, 15) is 24.0 Å². The number of nitrogens with zero attached hydrogens (tertiary/aromatic N) is 2. The molecule has 2 rings (SSSR count). The molecule has 1 amide bonds. The van der Waals surface area contributed by atoms with Gasteiger partial charge in [-0.2, -0.15) is 0 Å². The fraction of sp³-hybridized carbons (Fsp3) is 0.381. The summed E-state index contributed by atoms with van der Waals surface area (Å²) < 4.78 is 6.28. The Morgan fingerprint density at radius 2 is 1.84 bits per heavy atom. The third-order valence-electron chi connectivity index (χ3n) is 4.58. The van der Waals surface area contributed by atoms with E-state index < -0.39 is 29.7 Å². The second kappa shape index (κ2) is 10.9. The number of esters is 1. The van der Waals surface area contributed by atoms with Crippen molar-refractivity contribution in [2.45, 2.75) is 39.7 Å². The minimum absolute atomic E-state index is 0.115. The maximum atomic E-state index is 12.9. The van der Waals surface area contributed by atoms with Gasteiger partial charge in [-0.15, -0.1) is 0 Å². The van der Waals surface area contributed by atoms with E-state index in [-0.39, 0.29) is 30.2 Å². The van der Waals surface area contributed by atoms with Crippen LogP contribution in [0.3, 0.4) is 0 Å². The molecule has 0 saturated heterocycles. The number of nitrogens with one attached hydrogen (secondary N) is 1. The molecule has 166 valence electrons. The molecule has 10 nitrogen and oxygen atoms in total. The van der Waals surface area contributed by atoms with Gasteiger partial charge in [0, 0.05) is 18.7 Å². The van der Waals surface area contributed by atoms with Crippen LogP contribution in [0.1, 0.15) is 53.8 Å². The van der Waals surface area contributed by atoms with E-state index in [0.29, 0.717) is 24.7 Å². The lowest BCUT2D eigenvalue weighted by Gasteiger charge is -2.24.